The Labute approximate surface area is 161 Å². The average molecular weight is 361 g/mol. The molecule has 2 aromatic carbocycles. The van der Waals surface area contributed by atoms with Crippen LogP contribution in [0.3, 0.4) is 0 Å². The third kappa shape index (κ3) is 5.56. The average Bonchev–Trinajstić information content (AvgIpc) is 2.69. The Bertz CT molecular complexity index is 858. The smallest absolute Gasteiger partial charge is 0.221 e. The zero-order valence-corrected chi connectivity index (χ0v) is 16.0. The molecule has 0 spiro atoms. The van der Waals surface area contributed by atoms with Gasteiger partial charge in [-0.25, -0.2) is 0 Å². The van der Waals surface area contributed by atoms with Gasteiger partial charge in [0.2, 0.25) is 5.88 Å². The Balaban J connectivity index is 1.71. The maximum atomic E-state index is 5.96. The molecule has 27 heavy (non-hydrogen) atoms. The molecule has 3 aromatic rings. The topological polar surface area (TPSA) is 60.2 Å². The number of pyridine rings is 1. The molecule has 3 rings (SSSR count). The van der Waals surface area contributed by atoms with E-state index in [0.29, 0.717) is 19.0 Å². The molecule has 0 saturated heterocycles. The Morgan fingerprint density at radius 2 is 1.63 bits per heavy atom. The Morgan fingerprint density at radius 3 is 2.30 bits per heavy atom. The molecule has 3 N–H and O–H groups in total. The minimum absolute atomic E-state index is 0.438. The first-order valence-corrected chi connectivity index (χ1v) is 9.43. The van der Waals surface area contributed by atoms with Crippen LogP contribution in [0.4, 0.5) is 5.82 Å². The van der Waals surface area contributed by atoms with Gasteiger partial charge in [-0.1, -0.05) is 55.3 Å². The van der Waals surface area contributed by atoms with E-state index < -0.39 is 0 Å². The fourth-order valence-corrected chi connectivity index (χ4v) is 2.85. The fourth-order valence-electron chi connectivity index (χ4n) is 2.85. The van der Waals surface area contributed by atoms with Gasteiger partial charge in [0.25, 0.3) is 0 Å². The van der Waals surface area contributed by atoms with E-state index in [1.807, 2.05) is 24.3 Å². The summed E-state index contributed by atoms with van der Waals surface area (Å²) < 4.78 is 5.96. The fraction of sp³-hybridized carbons (Fsp3) is 0.261. The molecule has 1 aromatic heterocycles. The molecule has 0 fully saturated rings. The van der Waals surface area contributed by atoms with E-state index in [4.69, 9.17) is 10.5 Å². The van der Waals surface area contributed by atoms with Crippen molar-refractivity contribution < 1.29 is 4.74 Å². The number of hydrogen-bond donors (Lipinski definition) is 2. The number of rotatable bonds is 8. The van der Waals surface area contributed by atoms with E-state index in [9.17, 15) is 0 Å². The highest BCUT2D eigenvalue weighted by Crippen LogP contribution is 2.24. The van der Waals surface area contributed by atoms with Gasteiger partial charge >= 0.3 is 0 Å². The van der Waals surface area contributed by atoms with Crippen molar-refractivity contribution in [2.24, 2.45) is 5.73 Å². The summed E-state index contributed by atoms with van der Waals surface area (Å²) in [6, 6.07) is 20.5. The first-order chi connectivity index (χ1) is 13.2. The van der Waals surface area contributed by atoms with Gasteiger partial charge in [-0.3, -0.25) is 0 Å². The molecule has 0 aliphatic rings. The van der Waals surface area contributed by atoms with E-state index in [2.05, 4.69) is 60.5 Å². The number of nitrogens with two attached hydrogens (primary N) is 1. The largest absolute Gasteiger partial charge is 0.439 e. The molecule has 140 valence electrons. The highest BCUT2D eigenvalue weighted by atomic mass is 16.5. The minimum Gasteiger partial charge on any atom is -0.439 e. The summed E-state index contributed by atoms with van der Waals surface area (Å²) in [4.78, 5) is 4.58. The van der Waals surface area contributed by atoms with Crippen LogP contribution in [0.25, 0.3) is 0 Å². The molecule has 4 heteroatoms. The normalized spacial score (nSPS) is 10.6. The Morgan fingerprint density at radius 1 is 0.926 bits per heavy atom. The van der Waals surface area contributed by atoms with Gasteiger partial charge in [0.15, 0.2) is 0 Å². The van der Waals surface area contributed by atoms with Crippen molar-refractivity contribution in [2.75, 3.05) is 5.32 Å². The number of hydrogen-bond acceptors (Lipinski definition) is 4. The van der Waals surface area contributed by atoms with Crippen molar-refractivity contribution in [3.63, 3.8) is 0 Å². The number of anilines is 1. The summed E-state index contributed by atoms with van der Waals surface area (Å²) in [6.07, 6.45) is 2.21. The van der Waals surface area contributed by atoms with Gasteiger partial charge in [0.1, 0.15) is 11.6 Å². The van der Waals surface area contributed by atoms with Crippen LogP contribution in [0.1, 0.15) is 35.6 Å². The predicted molar refractivity (Wildman–Crippen MR) is 111 cm³/mol. The van der Waals surface area contributed by atoms with E-state index in [1.54, 1.807) is 0 Å². The van der Waals surface area contributed by atoms with E-state index in [-0.39, 0.29) is 0 Å². The summed E-state index contributed by atoms with van der Waals surface area (Å²) in [5.41, 5.74) is 10.6. The lowest BCUT2D eigenvalue weighted by Gasteiger charge is -2.11. The molecular formula is C23H27N3O. The number of nitrogens with one attached hydrogen (secondary N) is 1. The first kappa shape index (κ1) is 18.9. The molecule has 0 saturated carbocycles. The number of nitrogens with zero attached hydrogens (tertiary/aromatic N) is 1. The van der Waals surface area contributed by atoms with Crippen molar-refractivity contribution in [3.8, 4) is 11.6 Å². The zero-order valence-electron chi connectivity index (χ0n) is 16.0. The lowest BCUT2D eigenvalue weighted by atomic mass is 10.1. The van der Waals surface area contributed by atoms with Crippen LogP contribution in [-0.4, -0.2) is 4.98 Å². The lowest BCUT2D eigenvalue weighted by Crippen LogP contribution is -2.05. The summed E-state index contributed by atoms with van der Waals surface area (Å²) in [7, 11) is 0. The van der Waals surface area contributed by atoms with Gasteiger partial charge in [0, 0.05) is 19.2 Å². The van der Waals surface area contributed by atoms with Crippen molar-refractivity contribution in [1.82, 2.24) is 4.98 Å². The van der Waals surface area contributed by atoms with Crippen LogP contribution in [0.15, 0.2) is 60.7 Å². The maximum Gasteiger partial charge on any atom is 0.221 e. The van der Waals surface area contributed by atoms with Crippen molar-refractivity contribution >= 4 is 5.82 Å². The second-order valence-corrected chi connectivity index (χ2v) is 6.74. The lowest BCUT2D eigenvalue weighted by molar-refractivity contribution is 0.462. The summed E-state index contributed by atoms with van der Waals surface area (Å²) in [5, 5.41) is 3.36. The molecule has 0 bridgehead atoms. The third-order valence-electron chi connectivity index (χ3n) is 4.38. The molecule has 0 radical (unpaired) electrons. The van der Waals surface area contributed by atoms with Crippen LogP contribution >= 0.6 is 0 Å². The van der Waals surface area contributed by atoms with Gasteiger partial charge in [-0.15, -0.1) is 0 Å². The summed E-state index contributed by atoms with van der Waals surface area (Å²) in [5.74, 6) is 2.09. The predicted octanol–water partition coefficient (Wildman–Crippen LogP) is 5.21. The van der Waals surface area contributed by atoms with Crippen LogP contribution in [0, 0.1) is 6.92 Å². The quantitative estimate of drug-likeness (QED) is 0.578. The van der Waals surface area contributed by atoms with E-state index in [0.717, 1.165) is 30.0 Å². The first-order valence-electron chi connectivity index (χ1n) is 9.43. The third-order valence-corrected chi connectivity index (χ3v) is 4.38. The van der Waals surface area contributed by atoms with Crippen LogP contribution in [-0.2, 0) is 19.5 Å². The maximum absolute atomic E-state index is 5.96. The molecule has 0 atom stereocenters. The van der Waals surface area contributed by atoms with Crippen LogP contribution in [0.2, 0.25) is 0 Å². The summed E-state index contributed by atoms with van der Waals surface area (Å²) in [6.45, 7) is 5.40. The Kier molecular flexibility index (Phi) is 6.44. The van der Waals surface area contributed by atoms with Gasteiger partial charge in [-0.05, 0) is 48.2 Å². The number of aromatic nitrogens is 1. The summed E-state index contributed by atoms with van der Waals surface area (Å²) >= 11 is 0. The highest BCUT2D eigenvalue weighted by molar-refractivity contribution is 5.43. The SMILES string of the molecule is CCCc1ccc(Oc2cc(CN)cc(NCc3ccc(C)cc3)n2)cc1. The standard InChI is InChI=1S/C23H27N3O/c1-3-4-18-9-11-21(12-10-18)27-23-14-20(15-24)13-22(26-23)25-16-19-7-5-17(2)6-8-19/h5-14H,3-4,15-16,24H2,1-2H3,(H,25,26). The Hall–Kier alpha value is -2.85. The molecule has 0 unspecified atom stereocenters. The van der Waals surface area contributed by atoms with Crippen molar-refractivity contribution in [3.05, 3.63) is 82.9 Å². The van der Waals surface area contributed by atoms with Gasteiger partial charge < -0.3 is 15.8 Å². The van der Waals surface area contributed by atoms with E-state index in [1.165, 1.54) is 16.7 Å². The second kappa shape index (κ2) is 9.19. The van der Waals surface area contributed by atoms with Crippen molar-refractivity contribution in [1.29, 1.82) is 0 Å². The number of ether oxygens (including phenoxy) is 1. The molecule has 0 amide bonds. The molecule has 0 aliphatic carbocycles. The molecular weight excluding hydrogens is 334 g/mol. The molecule has 1 heterocycles. The second-order valence-electron chi connectivity index (χ2n) is 6.74. The van der Waals surface area contributed by atoms with Crippen LogP contribution in [0.5, 0.6) is 11.6 Å². The zero-order chi connectivity index (χ0) is 19.1. The van der Waals surface area contributed by atoms with E-state index >= 15 is 0 Å². The van der Waals surface area contributed by atoms with Gasteiger partial charge in [-0.2, -0.15) is 4.98 Å². The monoisotopic (exact) mass is 361 g/mol. The molecule has 0 aliphatic heterocycles. The number of benzene rings is 2. The van der Waals surface area contributed by atoms with Crippen LogP contribution < -0.4 is 15.8 Å². The molecule has 4 nitrogen and oxygen atoms in total. The number of aryl methyl sites for hydroxylation is 2. The minimum atomic E-state index is 0.438. The van der Waals surface area contributed by atoms with Crippen molar-refractivity contribution in [2.45, 2.75) is 39.8 Å². The van der Waals surface area contributed by atoms with Gasteiger partial charge in [0.05, 0.1) is 0 Å². The highest BCUT2D eigenvalue weighted by Gasteiger charge is 2.05.